The second kappa shape index (κ2) is 8.19. The zero-order chi connectivity index (χ0) is 21.1. The smallest absolute Gasteiger partial charge is 0.338 e. The quantitative estimate of drug-likeness (QED) is 0.384. The van der Waals surface area contributed by atoms with Crippen molar-refractivity contribution in [3.63, 3.8) is 0 Å². The van der Waals surface area contributed by atoms with Crippen LogP contribution in [0.4, 0.5) is 11.4 Å². The number of non-ortho nitro benzene ring substituents is 1. The molecule has 0 aliphatic heterocycles. The van der Waals surface area contributed by atoms with Crippen LogP contribution in [0.25, 0.3) is 11.0 Å². The predicted molar refractivity (Wildman–Crippen MR) is 106 cm³/mol. The number of fused-ring (bicyclic) bond motifs is 1. The summed E-state index contributed by atoms with van der Waals surface area (Å²) in [4.78, 5) is 43.1. The van der Waals surface area contributed by atoms with Gasteiger partial charge in [0.1, 0.15) is 0 Å². The highest BCUT2D eigenvalue weighted by molar-refractivity contribution is 6.34. The molecule has 1 heterocycles. The lowest BCUT2D eigenvalue weighted by Gasteiger charge is -2.08. The van der Waals surface area contributed by atoms with Crippen LogP contribution in [-0.2, 0) is 9.53 Å². The topological polar surface area (TPSA) is 124 Å². The summed E-state index contributed by atoms with van der Waals surface area (Å²) >= 11 is 5.92. The molecule has 0 aliphatic carbocycles. The number of nitro groups is 1. The van der Waals surface area contributed by atoms with E-state index in [9.17, 15) is 19.7 Å². The zero-order valence-electron chi connectivity index (χ0n) is 15.4. The maximum absolute atomic E-state index is 12.2. The van der Waals surface area contributed by atoms with Gasteiger partial charge in [-0.15, -0.1) is 0 Å². The third kappa shape index (κ3) is 4.64. The van der Waals surface area contributed by atoms with Gasteiger partial charge in [0.15, 0.2) is 6.61 Å². The average molecular weight is 415 g/mol. The van der Waals surface area contributed by atoms with Crippen LogP contribution in [0.1, 0.15) is 21.7 Å². The van der Waals surface area contributed by atoms with Crippen molar-refractivity contribution in [1.29, 1.82) is 0 Å². The fourth-order valence-corrected chi connectivity index (χ4v) is 2.70. The molecule has 0 spiro atoms. The number of nitro benzene ring substituents is 1. The molecule has 0 aliphatic rings. The molecule has 0 radical (unpaired) electrons. The summed E-state index contributed by atoms with van der Waals surface area (Å²) < 4.78 is 5.02. The lowest BCUT2D eigenvalue weighted by Crippen LogP contribution is -2.21. The lowest BCUT2D eigenvalue weighted by molar-refractivity contribution is -0.384. The van der Waals surface area contributed by atoms with Crippen molar-refractivity contribution >= 4 is 45.9 Å². The molecule has 0 atom stereocenters. The number of anilines is 1. The number of esters is 1. The van der Waals surface area contributed by atoms with Crippen LogP contribution in [-0.4, -0.2) is 33.4 Å². The van der Waals surface area contributed by atoms with E-state index >= 15 is 0 Å². The van der Waals surface area contributed by atoms with Gasteiger partial charge in [0.2, 0.25) is 0 Å². The van der Waals surface area contributed by atoms with Crippen molar-refractivity contribution in [2.24, 2.45) is 0 Å². The number of hydrogen-bond donors (Lipinski definition) is 1. The Morgan fingerprint density at radius 2 is 1.79 bits per heavy atom. The standard InChI is InChI=1S/C19H15ClN4O5/c1-10-11(2)22-17-7-12(3-5-16(17)21-10)19(26)29-9-18(25)23-15-6-4-13(24(27)28)8-14(15)20/h3-8H,9H2,1-2H3,(H,23,25). The molecule has 1 N–H and O–H groups in total. The maximum atomic E-state index is 12.2. The number of aromatic nitrogens is 2. The molecular formula is C19H15ClN4O5. The summed E-state index contributed by atoms with van der Waals surface area (Å²) in [6.45, 7) is 3.11. The van der Waals surface area contributed by atoms with Gasteiger partial charge in [0, 0.05) is 12.1 Å². The Labute approximate surface area is 169 Å². The van der Waals surface area contributed by atoms with E-state index in [2.05, 4.69) is 15.3 Å². The molecule has 29 heavy (non-hydrogen) atoms. The van der Waals surface area contributed by atoms with E-state index in [1.54, 1.807) is 18.2 Å². The SMILES string of the molecule is Cc1nc2ccc(C(=O)OCC(=O)Nc3ccc([N+](=O)[O-])cc3Cl)cc2nc1C. The first-order valence-electron chi connectivity index (χ1n) is 8.40. The normalized spacial score (nSPS) is 10.6. The van der Waals surface area contributed by atoms with Crippen molar-refractivity contribution in [1.82, 2.24) is 9.97 Å². The molecule has 0 bridgehead atoms. The number of nitrogens with one attached hydrogen (secondary N) is 1. The number of carbonyl (C=O) groups is 2. The van der Waals surface area contributed by atoms with Gasteiger partial charge in [-0.1, -0.05) is 11.6 Å². The lowest BCUT2D eigenvalue weighted by atomic mass is 10.2. The van der Waals surface area contributed by atoms with Crippen LogP contribution in [0.3, 0.4) is 0 Å². The van der Waals surface area contributed by atoms with Crippen molar-refractivity contribution in [3.8, 4) is 0 Å². The molecule has 1 amide bonds. The minimum atomic E-state index is -0.697. The van der Waals surface area contributed by atoms with Gasteiger partial charge in [-0.25, -0.2) is 14.8 Å². The molecule has 1 aromatic heterocycles. The van der Waals surface area contributed by atoms with Gasteiger partial charge in [0.05, 0.1) is 43.6 Å². The molecule has 3 rings (SSSR count). The molecule has 9 nitrogen and oxygen atoms in total. The van der Waals surface area contributed by atoms with Crippen LogP contribution in [0.2, 0.25) is 5.02 Å². The van der Waals surface area contributed by atoms with E-state index in [1.165, 1.54) is 12.1 Å². The van der Waals surface area contributed by atoms with Gasteiger partial charge >= 0.3 is 5.97 Å². The molecule has 2 aromatic carbocycles. The number of halogens is 1. The Morgan fingerprint density at radius 1 is 1.10 bits per heavy atom. The van der Waals surface area contributed by atoms with E-state index in [0.717, 1.165) is 17.5 Å². The Hall–Kier alpha value is -3.59. The van der Waals surface area contributed by atoms with E-state index in [4.69, 9.17) is 16.3 Å². The van der Waals surface area contributed by atoms with Crippen LogP contribution in [0.15, 0.2) is 36.4 Å². The average Bonchev–Trinajstić information content (AvgIpc) is 2.68. The summed E-state index contributed by atoms with van der Waals surface area (Å²) in [5, 5.41) is 13.1. The summed E-state index contributed by atoms with van der Waals surface area (Å²) in [5.74, 6) is -1.34. The Balaban J connectivity index is 1.64. The Bertz CT molecular complexity index is 1150. The summed E-state index contributed by atoms with van der Waals surface area (Å²) in [7, 11) is 0. The number of amides is 1. The maximum Gasteiger partial charge on any atom is 0.338 e. The van der Waals surface area contributed by atoms with Crippen molar-refractivity contribution < 1.29 is 19.2 Å². The number of rotatable bonds is 5. The first kappa shape index (κ1) is 20.2. The monoisotopic (exact) mass is 414 g/mol. The van der Waals surface area contributed by atoms with Gasteiger partial charge < -0.3 is 10.1 Å². The third-order valence-corrected chi connectivity index (χ3v) is 4.40. The molecule has 3 aromatic rings. The van der Waals surface area contributed by atoms with Crippen LogP contribution in [0, 0.1) is 24.0 Å². The molecule has 0 saturated heterocycles. The fourth-order valence-electron chi connectivity index (χ4n) is 2.48. The highest BCUT2D eigenvalue weighted by Crippen LogP contribution is 2.26. The third-order valence-electron chi connectivity index (χ3n) is 4.08. The van der Waals surface area contributed by atoms with Crippen LogP contribution < -0.4 is 5.32 Å². The zero-order valence-corrected chi connectivity index (χ0v) is 16.2. The molecule has 0 fully saturated rings. The number of hydrogen-bond acceptors (Lipinski definition) is 7. The fraction of sp³-hybridized carbons (Fsp3) is 0.158. The highest BCUT2D eigenvalue weighted by atomic mass is 35.5. The van der Waals surface area contributed by atoms with Crippen LogP contribution in [0.5, 0.6) is 0 Å². The van der Waals surface area contributed by atoms with Gasteiger partial charge in [-0.05, 0) is 38.1 Å². The number of benzene rings is 2. The van der Waals surface area contributed by atoms with Gasteiger partial charge in [0.25, 0.3) is 11.6 Å². The molecule has 0 saturated carbocycles. The van der Waals surface area contributed by atoms with Crippen molar-refractivity contribution in [3.05, 3.63) is 68.5 Å². The summed E-state index contributed by atoms with van der Waals surface area (Å²) in [5.41, 5.74) is 2.95. The molecule has 10 heteroatoms. The Morgan fingerprint density at radius 3 is 2.45 bits per heavy atom. The van der Waals surface area contributed by atoms with E-state index in [-0.39, 0.29) is 22.0 Å². The highest BCUT2D eigenvalue weighted by Gasteiger charge is 2.15. The minimum absolute atomic E-state index is 0.00218. The first-order valence-corrected chi connectivity index (χ1v) is 8.78. The number of carbonyl (C=O) groups excluding carboxylic acids is 2. The summed E-state index contributed by atoms with van der Waals surface area (Å²) in [6, 6.07) is 8.35. The first-order chi connectivity index (χ1) is 13.7. The molecule has 0 unspecified atom stereocenters. The van der Waals surface area contributed by atoms with Crippen molar-refractivity contribution in [2.45, 2.75) is 13.8 Å². The van der Waals surface area contributed by atoms with Crippen molar-refractivity contribution in [2.75, 3.05) is 11.9 Å². The van der Waals surface area contributed by atoms with Gasteiger partial charge in [-0.2, -0.15) is 0 Å². The van der Waals surface area contributed by atoms with E-state index < -0.39 is 23.4 Å². The van der Waals surface area contributed by atoms with E-state index in [0.29, 0.717) is 11.0 Å². The minimum Gasteiger partial charge on any atom is -0.452 e. The summed E-state index contributed by atoms with van der Waals surface area (Å²) in [6.07, 6.45) is 0. The second-order valence-corrected chi connectivity index (χ2v) is 6.55. The van der Waals surface area contributed by atoms with Crippen LogP contribution >= 0.6 is 11.6 Å². The number of nitrogens with zero attached hydrogens (tertiary/aromatic N) is 3. The van der Waals surface area contributed by atoms with E-state index in [1.807, 2.05) is 13.8 Å². The largest absolute Gasteiger partial charge is 0.452 e. The second-order valence-electron chi connectivity index (χ2n) is 6.14. The number of aryl methyl sites for hydroxylation is 2. The Kier molecular flexibility index (Phi) is 5.69. The predicted octanol–water partition coefficient (Wildman–Crippen LogP) is 3.60. The molecular weight excluding hydrogens is 400 g/mol. The molecule has 148 valence electrons. The van der Waals surface area contributed by atoms with Gasteiger partial charge in [-0.3, -0.25) is 14.9 Å². The number of ether oxygens (including phenoxy) is 1.